The van der Waals surface area contributed by atoms with Crippen molar-refractivity contribution in [1.29, 1.82) is 0 Å². The van der Waals surface area contributed by atoms with Crippen molar-refractivity contribution in [1.82, 2.24) is 5.32 Å². The molecule has 0 saturated carbocycles. The molecule has 0 aliphatic heterocycles. The van der Waals surface area contributed by atoms with E-state index in [0.717, 1.165) is 44.9 Å². The van der Waals surface area contributed by atoms with Gasteiger partial charge in [-0.25, -0.2) is 0 Å². The number of nitrogens with one attached hydrogen (secondary N) is 1. The molecule has 3 N–H and O–H groups in total. The summed E-state index contributed by atoms with van der Waals surface area (Å²) in [5.41, 5.74) is 0. The molecule has 6 nitrogen and oxygen atoms in total. The Kier molecular flexibility index (Phi) is 63.0. The molecule has 75 heavy (non-hydrogen) atoms. The van der Waals surface area contributed by atoms with Gasteiger partial charge in [0.25, 0.3) is 0 Å². The second kappa shape index (κ2) is 64.6. The molecule has 2 unspecified atom stereocenters. The second-order valence-electron chi connectivity index (χ2n) is 23.2. The molecule has 0 bridgehead atoms. The maximum absolute atomic E-state index is 12.5. The molecule has 0 rings (SSSR count). The predicted octanol–water partition coefficient (Wildman–Crippen LogP) is 21.5. The van der Waals surface area contributed by atoms with Crippen molar-refractivity contribution in [3.05, 3.63) is 36.5 Å². The van der Waals surface area contributed by atoms with Gasteiger partial charge in [-0.15, -0.1) is 0 Å². The highest BCUT2D eigenvalue weighted by Gasteiger charge is 2.18. The van der Waals surface area contributed by atoms with E-state index in [1.165, 1.54) is 295 Å². The molecule has 1 amide bonds. The van der Waals surface area contributed by atoms with Gasteiger partial charge in [-0.3, -0.25) is 9.59 Å². The Morgan fingerprint density at radius 3 is 1.01 bits per heavy atom. The smallest absolute Gasteiger partial charge is 0.305 e. The summed E-state index contributed by atoms with van der Waals surface area (Å²) in [6.45, 7) is 4.92. The molecule has 2 atom stereocenters. The van der Waals surface area contributed by atoms with E-state index in [1.807, 2.05) is 6.08 Å². The lowest BCUT2D eigenvalue weighted by atomic mass is 10.0. The van der Waals surface area contributed by atoms with Crippen molar-refractivity contribution < 1.29 is 24.5 Å². The van der Waals surface area contributed by atoms with Gasteiger partial charge in [0.15, 0.2) is 0 Å². The monoisotopic (exact) mass is 1050 g/mol. The first-order chi connectivity index (χ1) is 37.0. The van der Waals surface area contributed by atoms with Gasteiger partial charge in [0, 0.05) is 12.8 Å². The van der Waals surface area contributed by atoms with Crippen LogP contribution in [0.2, 0.25) is 0 Å². The highest BCUT2D eigenvalue weighted by molar-refractivity contribution is 5.76. The summed E-state index contributed by atoms with van der Waals surface area (Å²) in [6.07, 6.45) is 82.2. The zero-order valence-corrected chi connectivity index (χ0v) is 50.5. The Bertz CT molecular complexity index is 1210. The third kappa shape index (κ3) is 61.2. The van der Waals surface area contributed by atoms with Crippen molar-refractivity contribution in [2.24, 2.45) is 0 Å². The van der Waals surface area contributed by atoms with Crippen LogP contribution in [0, 0.1) is 0 Å². The summed E-state index contributed by atoms with van der Waals surface area (Å²) >= 11 is 0. The van der Waals surface area contributed by atoms with Crippen LogP contribution in [0.15, 0.2) is 36.5 Å². The van der Waals surface area contributed by atoms with Gasteiger partial charge in [0.05, 0.1) is 25.4 Å². The van der Waals surface area contributed by atoms with Crippen molar-refractivity contribution >= 4 is 11.9 Å². The Morgan fingerprint density at radius 2 is 0.667 bits per heavy atom. The number of unbranched alkanes of at least 4 members (excludes halogenated alkanes) is 48. The zero-order valence-electron chi connectivity index (χ0n) is 50.5. The fourth-order valence-corrected chi connectivity index (χ4v) is 10.5. The molecule has 0 aliphatic carbocycles. The Balaban J connectivity index is 3.39. The quantitative estimate of drug-likeness (QED) is 0.0320. The molecule has 6 heteroatoms. The number of carbonyl (C=O) groups is 2. The maximum Gasteiger partial charge on any atom is 0.305 e. The van der Waals surface area contributed by atoms with Crippen molar-refractivity contribution in [3.63, 3.8) is 0 Å². The number of hydrogen-bond donors (Lipinski definition) is 3. The number of carbonyl (C=O) groups excluding carboxylic acids is 2. The number of esters is 1. The second-order valence-corrected chi connectivity index (χ2v) is 23.2. The summed E-state index contributed by atoms with van der Waals surface area (Å²) in [5, 5.41) is 23.1. The van der Waals surface area contributed by atoms with Gasteiger partial charge < -0.3 is 20.3 Å². The first-order valence-electron chi connectivity index (χ1n) is 33.8. The van der Waals surface area contributed by atoms with E-state index in [9.17, 15) is 19.8 Å². The largest absolute Gasteiger partial charge is 0.466 e. The number of hydrogen-bond acceptors (Lipinski definition) is 5. The predicted molar refractivity (Wildman–Crippen MR) is 329 cm³/mol. The van der Waals surface area contributed by atoms with E-state index in [-0.39, 0.29) is 18.5 Å². The van der Waals surface area contributed by atoms with Crippen LogP contribution in [-0.2, 0) is 14.3 Å². The fraction of sp³-hybridized carbons (Fsp3) is 0.884. The lowest BCUT2D eigenvalue weighted by Gasteiger charge is -2.20. The van der Waals surface area contributed by atoms with Crippen LogP contribution in [0.4, 0.5) is 0 Å². The number of allylic oxidation sites excluding steroid dienone is 5. The minimum atomic E-state index is -0.842. The van der Waals surface area contributed by atoms with Crippen LogP contribution in [0.1, 0.15) is 367 Å². The van der Waals surface area contributed by atoms with Crippen LogP contribution < -0.4 is 5.32 Å². The lowest BCUT2D eigenvalue weighted by Crippen LogP contribution is -2.45. The Hall–Kier alpha value is -1.92. The minimum Gasteiger partial charge on any atom is -0.466 e. The molecule has 0 radical (unpaired) electrons. The number of rotatable bonds is 63. The first kappa shape index (κ1) is 73.1. The molecule has 0 spiro atoms. The normalized spacial score (nSPS) is 12.7. The number of amides is 1. The van der Waals surface area contributed by atoms with Crippen molar-refractivity contribution in [2.75, 3.05) is 13.2 Å². The van der Waals surface area contributed by atoms with Crippen LogP contribution in [0.3, 0.4) is 0 Å². The molecule has 0 aromatic heterocycles. The highest BCUT2D eigenvalue weighted by atomic mass is 16.5. The molecule has 0 aromatic rings. The first-order valence-corrected chi connectivity index (χ1v) is 33.8. The summed E-state index contributed by atoms with van der Waals surface area (Å²) in [6, 6.07) is -0.626. The van der Waals surface area contributed by atoms with Gasteiger partial charge >= 0.3 is 5.97 Å². The number of aliphatic hydroxyl groups is 2. The Morgan fingerprint density at radius 1 is 0.373 bits per heavy atom. The summed E-state index contributed by atoms with van der Waals surface area (Å²) in [4.78, 5) is 24.5. The SMILES string of the molecule is CCCCCCCCCCCCCC/C=C/C(O)C(CO)NC(=O)CCCCCCCCCCCCCCCCCCC/C=C\C/C=C\CCCCCCCCCCCOC(=O)CCCCCCCCCCCCC. The molecule has 0 saturated heterocycles. The standard InChI is InChI=1S/C69H131NO5/c1-3-5-7-9-11-13-15-16-38-42-45-49-53-57-61-67(72)66(65-71)70-68(73)62-58-54-50-46-43-39-36-34-32-30-28-26-24-22-20-18-17-19-21-23-25-27-29-31-33-35-37-40-44-48-52-56-60-64-75-69(74)63-59-55-51-47-41-14-12-10-8-6-4-2/h21,23,27,29,57,61,66-67,71-72H,3-20,22,24-26,28,30-56,58-60,62-65H2,1-2H3,(H,70,73)/b23-21-,29-27-,61-57+. The van der Waals surface area contributed by atoms with Gasteiger partial charge in [0.2, 0.25) is 5.91 Å². The third-order valence-corrected chi connectivity index (χ3v) is 15.7. The number of ether oxygens (including phenoxy) is 1. The maximum atomic E-state index is 12.5. The van der Waals surface area contributed by atoms with E-state index in [1.54, 1.807) is 6.08 Å². The molecule has 0 heterocycles. The average Bonchev–Trinajstić information content (AvgIpc) is 3.41. The summed E-state index contributed by atoms with van der Waals surface area (Å²) in [7, 11) is 0. The molecule has 442 valence electrons. The van der Waals surface area contributed by atoms with E-state index in [0.29, 0.717) is 19.4 Å². The van der Waals surface area contributed by atoms with E-state index >= 15 is 0 Å². The van der Waals surface area contributed by atoms with E-state index in [4.69, 9.17) is 4.74 Å². The minimum absolute atomic E-state index is 0.0137. The molecular weight excluding hydrogens is 923 g/mol. The van der Waals surface area contributed by atoms with Gasteiger partial charge in [-0.05, 0) is 64.2 Å². The summed E-state index contributed by atoms with van der Waals surface area (Å²) in [5.74, 6) is -0.0509. The molecule has 0 aromatic carbocycles. The topological polar surface area (TPSA) is 95.9 Å². The van der Waals surface area contributed by atoms with Crippen molar-refractivity contribution in [3.8, 4) is 0 Å². The fourth-order valence-electron chi connectivity index (χ4n) is 10.5. The van der Waals surface area contributed by atoms with E-state index in [2.05, 4.69) is 43.5 Å². The number of aliphatic hydroxyl groups excluding tert-OH is 2. The average molecular weight is 1050 g/mol. The van der Waals surface area contributed by atoms with Gasteiger partial charge in [0.1, 0.15) is 0 Å². The van der Waals surface area contributed by atoms with Gasteiger partial charge in [-0.1, -0.05) is 326 Å². The third-order valence-electron chi connectivity index (χ3n) is 15.7. The molecular formula is C69H131NO5. The summed E-state index contributed by atoms with van der Waals surface area (Å²) < 4.78 is 5.47. The lowest BCUT2D eigenvalue weighted by molar-refractivity contribution is -0.143. The van der Waals surface area contributed by atoms with Gasteiger partial charge in [-0.2, -0.15) is 0 Å². The molecule has 0 fully saturated rings. The zero-order chi connectivity index (χ0) is 54.3. The van der Waals surface area contributed by atoms with Crippen LogP contribution >= 0.6 is 0 Å². The van der Waals surface area contributed by atoms with Crippen LogP contribution in [0.25, 0.3) is 0 Å². The Labute approximate surface area is 468 Å². The van der Waals surface area contributed by atoms with Crippen LogP contribution in [-0.4, -0.2) is 47.4 Å². The van der Waals surface area contributed by atoms with Crippen LogP contribution in [0.5, 0.6) is 0 Å². The molecule has 0 aliphatic rings. The van der Waals surface area contributed by atoms with Crippen molar-refractivity contribution in [2.45, 2.75) is 379 Å². The highest BCUT2D eigenvalue weighted by Crippen LogP contribution is 2.18. The van der Waals surface area contributed by atoms with E-state index < -0.39 is 12.1 Å².